The van der Waals surface area contributed by atoms with Crippen molar-refractivity contribution in [1.82, 2.24) is 5.32 Å². The third-order valence-corrected chi connectivity index (χ3v) is 2.33. The number of rotatable bonds is 6. The number of allylic oxidation sites excluding steroid dienone is 1. The van der Waals surface area contributed by atoms with Crippen LogP contribution < -0.4 is 5.32 Å². The maximum absolute atomic E-state index is 12.0. The molecule has 0 aromatic heterocycles. The van der Waals surface area contributed by atoms with Gasteiger partial charge in [0.25, 0.3) is 0 Å². The molecule has 1 amide bonds. The fourth-order valence-corrected chi connectivity index (χ4v) is 1.53. The number of hydrogen-bond acceptors (Lipinski definition) is 4. The van der Waals surface area contributed by atoms with Crippen molar-refractivity contribution in [3.63, 3.8) is 0 Å². The molecule has 0 bridgehead atoms. The number of nitrogens with one attached hydrogen (secondary N) is 1. The van der Waals surface area contributed by atoms with E-state index in [1.165, 1.54) is 13.0 Å². The Hall–Kier alpha value is -2.43. The SMILES string of the molecule is CCOC(=O)CC(=O)/C(=C/c1ccccc1)NC(C)=O. The minimum Gasteiger partial charge on any atom is -0.466 e. The van der Waals surface area contributed by atoms with Crippen LogP contribution in [0.3, 0.4) is 0 Å². The van der Waals surface area contributed by atoms with Crippen molar-refractivity contribution >= 4 is 23.7 Å². The van der Waals surface area contributed by atoms with E-state index in [1.807, 2.05) is 18.2 Å². The lowest BCUT2D eigenvalue weighted by atomic mass is 10.1. The van der Waals surface area contributed by atoms with Gasteiger partial charge in [-0.3, -0.25) is 14.4 Å². The zero-order valence-electron chi connectivity index (χ0n) is 11.5. The van der Waals surface area contributed by atoms with Crippen LogP contribution in [0.15, 0.2) is 36.0 Å². The van der Waals surface area contributed by atoms with Crippen molar-refractivity contribution in [2.75, 3.05) is 6.61 Å². The predicted molar refractivity (Wildman–Crippen MR) is 74.5 cm³/mol. The van der Waals surface area contributed by atoms with Gasteiger partial charge in [-0.15, -0.1) is 0 Å². The number of Topliss-reactive ketones (excluding diaryl/α,β-unsaturated/α-hetero) is 1. The molecule has 1 aromatic rings. The van der Waals surface area contributed by atoms with Gasteiger partial charge >= 0.3 is 5.97 Å². The highest BCUT2D eigenvalue weighted by molar-refractivity contribution is 6.09. The Morgan fingerprint density at radius 1 is 1.20 bits per heavy atom. The molecule has 0 heterocycles. The maximum atomic E-state index is 12.0. The lowest BCUT2D eigenvalue weighted by molar-refractivity contribution is -0.145. The maximum Gasteiger partial charge on any atom is 0.313 e. The molecule has 0 fully saturated rings. The molecule has 1 rings (SSSR count). The summed E-state index contributed by atoms with van der Waals surface area (Å²) in [6.45, 7) is 3.18. The molecule has 5 nitrogen and oxygen atoms in total. The number of benzene rings is 1. The van der Waals surface area contributed by atoms with Gasteiger partial charge in [-0.1, -0.05) is 30.3 Å². The molecule has 0 aliphatic rings. The molecule has 0 spiro atoms. The molecule has 0 unspecified atom stereocenters. The summed E-state index contributed by atoms with van der Waals surface area (Å²) < 4.78 is 4.72. The number of esters is 1. The summed E-state index contributed by atoms with van der Waals surface area (Å²) in [7, 11) is 0. The van der Waals surface area contributed by atoms with E-state index in [9.17, 15) is 14.4 Å². The van der Waals surface area contributed by atoms with E-state index in [2.05, 4.69) is 5.32 Å². The van der Waals surface area contributed by atoms with Crippen molar-refractivity contribution in [2.45, 2.75) is 20.3 Å². The van der Waals surface area contributed by atoms with Crippen LogP contribution in [-0.4, -0.2) is 24.3 Å². The Morgan fingerprint density at radius 3 is 2.40 bits per heavy atom. The molecule has 20 heavy (non-hydrogen) atoms. The third kappa shape index (κ3) is 5.48. The Balaban J connectivity index is 2.89. The first-order valence-corrected chi connectivity index (χ1v) is 6.26. The zero-order valence-corrected chi connectivity index (χ0v) is 11.5. The second-order valence-corrected chi connectivity index (χ2v) is 4.05. The van der Waals surface area contributed by atoms with E-state index in [1.54, 1.807) is 19.1 Å². The first-order chi connectivity index (χ1) is 9.52. The molecule has 0 radical (unpaired) electrons. The second-order valence-electron chi connectivity index (χ2n) is 4.05. The Kier molecular flexibility index (Phi) is 6.16. The van der Waals surface area contributed by atoms with Crippen LogP contribution in [0.4, 0.5) is 0 Å². The first kappa shape index (κ1) is 15.6. The normalized spacial score (nSPS) is 10.8. The summed E-state index contributed by atoms with van der Waals surface area (Å²) in [6, 6.07) is 9.05. The summed E-state index contributed by atoms with van der Waals surface area (Å²) in [6.07, 6.45) is 1.13. The molecule has 1 aromatic carbocycles. The summed E-state index contributed by atoms with van der Waals surface area (Å²) in [4.78, 5) is 34.4. The van der Waals surface area contributed by atoms with E-state index < -0.39 is 18.2 Å². The van der Waals surface area contributed by atoms with E-state index in [4.69, 9.17) is 4.74 Å². The van der Waals surface area contributed by atoms with Crippen molar-refractivity contribution < 1.29 is 19.1 Å². The number of amides is 1. The average molecular weight is 275 g/mol. The van der Waals surface area contributed by atoms with Gasteiger partial charge in [-0.05, 0) is 18.6 Å². The van der Waals surface area contributed by atoms with Gasteiger partial charge in [-0.2, -0.15) is 0 Å². The molecular weight excluding hydrogens is 258 g/mol. The van der Waals surface area contributed by atoms with Crippen LogP contribution >= 0.6 is 0 Å². The first-order valence-electron chi connectivity index (χ1n) is 6.26. The molecule has 0 saturated carbocycles. The van der Waals surface area contributed by atoms with Crippen LogP contribution in [0.1, 0.15) is 25.8 Å². The quantitative estimate of drug-likeness (QED) is 0.487. The number of ketones is 1. The van der Waals surface area contributed by atoms with Gasteiger partial charge in [-0.25, -0.2) is 0 Å². The number of hydrogen-bond donors (Lipinski definition) is 1. The zero-order chi connectivity index (χ0) is 15.0. The molecular formula is C15H17NO4. The van der Waals surface area contributed by atoms with Crippen LogP contribution in [0, 0.1) is 0 Å². The van der Waals surface area contributed by atoms with Crippen LogP contribution in [0.5, 0.6) is 0 Å². The van der Waals surface area contributed by atoms with Gasteiger partial charge in [0.05, 0.1) is 12.3 Å². The molecule has 0 aliphatic carbocycles. The average Bonchev–Trinajstić information content (AvgIpc) is 2.38. The molecule has 0 atom stereocenters. The minimum absolute atomic E-state index is 0.0803. The highest BCUT2D eigenvalue weighted by atomic mass is 16.5. The monoisotopic (exact) mass is 275 g/mol. The van der Waals surface area contributed by atoms with E-state index in [0.717, 1.165) is 5.56 Å². The van der Waals surface area contributed by atoms with E-state index in [0.29, 0.717) is 0 Å². The second kappa shape index (κ2) is 7.89. The highest BCUT2D eigenvalue weighted by Crippen LogP contribution is 2.07. The van der Waals surface area contributed by atoms with Crippen molar-refractivity contribution in [3.05, 3.63) is 41.6 Å². The standard InChI is InChI=1S/C15H17NO4/c1-3-20-15(19)10-14(18)13(16-11(2)17)9-12-7-5-4-6-8-12/h4-9H,3,10H2,1-2H3,(H,16,17)/b13-9-. The Labute approximate surface area is 117 Å². The largest absolute Gasteiger partial charge is 0.466 e. The summed E-state index contributed by atoms with van der Waals surface area (Å²) >= 11 is 0. The lowest BCUT2D eigenvalue weighted by Crippen LogP contribution is -2.26. The number of ether oxygens (including phenoxy) is 1. The van der Waals surface area contributed by atoms with Crippen molar-refractivity contribution in [2.24, 2.45) is 0 Å². The number of carbonyl (C=O) groups excluding carboxylic acids is 3. The van der Waals surface area contributed by atoms with Crippen LogP contribution in [0.2, 0.25) is 0 Å². The van der Waals surface area contributed by atoms with Crippen molar-refractivity contribution in [1.29, 1.82) is 0 Å². The van der Waals surface area contributed by atoms with Crippen LogP contribution in [0.25, 0.3) is 6.08 Å². The smallest absolute Gasteiger partial charge is 0.313 e. The highest BCUT2D eigenvalue weighted by Gasteiger charge is 2.16. The predicted octanol–water partition coefficient (Wildman–Crippen LogP) is 1.69. The lowest BCUT2D eigenvalue weighted by Gasteiger charge is -2.07. The van der Waals surface area contributed by atoms with Gasteiger partial charge < -0.3 is 10.1 Å². The molecule has 0 aliphatic heterocycles. The van der Waals surface area contributed by atoms with E-state index >= 15 is 0 Å². The topological polar surface area (TPSA) is 72.5 Å². The third-order valence-electron chi connectivity index (χ3n) is 2.33. The molecule has 1 N–H and O–H groups in total. The van der Waals surface area contributed by atoms with Gasteiger partial charge in [0, 0.05) is 6.92 Å². The Bertz CT molecular complexity index is 520. The van der Waals surface area contributed by atoms with Crippen molar-refractivity contribution in [3.8, 4) is 0 Å². The van der Waals surface area contributed by atoms with Gasteiger partial charge in [0.1, 0.15) is 6.42 Å². The van der Waals surface area contributed by atoms with Crippen LogP contribution in [-0.2, 0) is 19.1 Å². The molecule has 0 saturated heterocycles. The van der Waals surface area contributed by atoms with Gasteiger partial charge in [0.2, 0.25) is 5.91 Å². The fraction of sp³-hybridized carbons (Fsp3) is 0.267. The molecule has 106 valence electrons. The summed E-state index contributed by atoms with van der Waals surface area (Å²) in [5, 5.41) is 2.44. The van der Waals surface area contributed by atoms with Gasteiger partial charge in [0.15, 0.2) is 5.78 Å². The van der Waals surface area contributed by atoms with E-state index in [-0.39, 0.29) is 18.2 Å². The minimum atomic E-state index is -0.609. The Morgan fingerprint density at radius 2 is 1.85 bits per heavy atom. The summed E-state index contributed by atoms with van der Waals surface area (Å²) in [5.74, 6) is -1.46. The number of carbonyl (C=O) groups is 3. The molecule has 5 heteroatoms. The fourth-order valence-electron chi connectivity index (χ4n) is 1.53. The summed E-state index contributed by atoms with van der Waals surface area (Å²) in [5.41, 5.74) is 0.838.